The molecule has 0 aliphatic carbocycles. The Balaban J connectivity index is 1.80. The van der Waals surface area contributed by atoms with E-state index in [1.807, 2.05) is 0 Å². The van der Waals surface area contributed by atoms with Crippen molar-refractivity contribution in [2.75, 3.05) is 0 Å². The van der Waals surface area contributed by atoms with Gasteiger partial charge in [0.05, 0.1) is 24.9 Å². The quantitative estimate of drug-likeness (QED) is 0.384. The Morgan fingerprint density at radius 1 is 0.706 bits per heavy atom. The van der Waals surface area contributed by atoms with Crippen LogP contribution in [0.25, 0.3) is 34.2 Å². The van der Waals surface area contributed by atoms with E-state index in [-0.39, 0.29) is 16.9 Å². The van der Waals surface area contributed by atoms with Crippen LogP contribution in [-0.2, 0) is 9.31 Å². The van der Waals surface area contributed by atoms with Crippen molar-refractivity contribution in [1.82, 2.24) is 15.0 Å². The second kappa shape index (κ2) is 8.42. The Bertz CT molecular complexity index is 1710. The van der Waals surface area contributed by atoms with Crippen molar-refractivity contribution >= 4 is 12.6 Å². The number of benzene rings is 3. The largest absolute Gasteiger partial charge is 0.497 e. The summed E-state index contributed by atoms with van der Waals surface area (Å²) in [4.78, 5) is 13.0. The zero-order chi connectivity index (χ0) is 32.6. The van der Waals surface area contributed by atoms with E-state index in [2.05, 4.69) is 15.0 Å². The maximum Gasteiger partial charge on any atom is 0.497 e. The molecular formula is C27H25BFN3O2. The van der Waals surface area contributed by atoms with Gasteiger partial charge in [-0.2, -0.15) is 0 Å². The van der Waals surface area contributed by atoms with E-state index < -0.39 is 107 Å². The summed E-state index contributed by atoms with van der Waals surface area (Å²) in [6.45, 7) is 7.22. The average molecular weight is 463 g/mol. The van der Waals surface area contributed by atoms with Crippen LogP contribution in [-0.4, -0.2) is 33.3 Å². The van der Waals surface area contributed by atoms with Gasteiger partial charge in [0.2, 0.25) is 0 Å². The summed E-state index contributed by atoms with van der Waals surface area (Å²) in [5.74, 6) is -1.69. The van der Waals surface area contributed by atoms with Gasteiger partial charge in [0.1, 0.15) is 5.82 Å². The summed E-state index contributed by atoms with van der Waals surface area (Å²) in [5, 5.41) is 0. The lowest BCUT2D eigenvalue weighted by Gasteiger charge is -2.32. The molecule has 1 saturated heterocycles. The van der Waals surface area contributed by atoms with Gasteiger partial charge >= 0.3 is 7.12 Å². The number of nitrogens with zero attached hydrogens (tertiary/aromatic N) is 3. The molecule has 0 radical (unpaired) electrons. The highest BCUT2D eigenvalue weighted by Gasteiger charge is 2.52. The van der Waals surface area contributed by atoms with Crippen molar-refractivity contribution in [3.63, 3.8) is 0 Å². The highest BCUT2D eigenvalue weighted by atomic mass is 19.1. The minimum atomic E-state index is -1.11. The van der Waals surface area contributed by atoms with Crippen molar-refractivity contribution in [3.8, 4) is 34.2 Å². The van der Waals surface area contributed by atoms with E-state index in [9.17, 15) is 0 Å². The third kappa shape index (κ3) is 4.13. The fraction of sp³-hybridized carbons (Fsp3) is 0.222. The Kier molecular flexibility index (Phi) is 3.33. The second-order valence-electron chi connectivity index (χ2n) is 8.63. The molecular weight excluding hydrogens is 428 g/mol. The van der Waals surface area contributed by atoms with E-state index in [4.69, 9.17) is 23.0 Å². The highest BCUT2D eigenvalue weighted by molar-refractivity contribution is 6.62. The number of hydrogen-bond donors (Lipinski definition) is 0. The van der Waals surface area contributed by atoms with Gasteiger partial charge in [0.15, 0.2) is 17.5 Å². The summed E-state index contributed by atoms with van der Waals surface area (Å²) in [6, 6.07) is -2.59. The van der Waals surface area contributed by atoms with E-state index in [0.717, 1.165) is 6.07 Å². The third-order valence-electron chi connectivity index (χ3n) is 5.84. The van der Waals surface area contributed by atoms with Crippen molar-refractivity contribution in [2.45, 2.75) is 38.9 Å². The highest BCUT2D eigenvalue weighted by Crippen LogP contribution is 2.37. The lowest BCUT2D eigenvalue weighted by molar-refractivity contribution is 0.00578. The molecule has 0 saturated carbocycles. The van der Waals surface area contributed by atoms with Gasteiger partial charge in [-0.1, -0.05) is 60.4 Å². The Hall–Kier alpha value is -3.42. The molecule has 0 bridgehead atoms. The molecule has 0 unspecified atom stereocenters. The minimum absolute atomic E-state index is 0.00952. The second-order valence-corrected chi connectivity index (χ2v) is 8.63. The average Bonchev–Trinajstić information content (AvgIpc) is 3.19. The SMILES string of the molecule is [2H]c1c([2H])c([2H])c(-c2nc(-c3ccc(F)c(B4OC(C)(C)C(C)(C)O4)c3)nc(-c3c([2H])c([2H])c([2H])c([2H])c3[2H])n2)c([2H])c1[2H]. The van der Waals surface area contributed by atoms with Gasteiger partial charge in [-0.3, -0.25) is 0 Å². The lowest BCUT2D eigenvalue weighted by atomic mass is 9.78. The molecule has 1 aliphatic heterocycles. The Morgan fingerprint density at radius 3 is 1.62 bits per heavy atom. The summed E-state index contributed by atoms with van der Waals surface area (Å²) in [5.41, 5.74) is -2.19. The summed E-state index contributed by atoms with van der Waals surface area (Å²) in [6.07, 6.45) is 0. The zero-order valence-corrected chi connectivity index (χ0v) is 18.8. The standard InChI is InChI=1S/C27H25BFN3O2/c1-26(2)27(3,4)34-28(33-26)21-17-20(15-16-22(21)29)25-31-23(18-11-7-5-8-12-18)30-24(32-25)19-13-9-6-10-14-19/h5-17H,1-4H3/i5D,6D,7D,8D,9D,10D,11D,12D,13D,14D. The number of aromatic nitrogens is 3. The van der Waals surface area contributed by atoms with Crippen LogP contribution < -0.4 is 5.46 Å². The van der Waals surface area contributed by atoms with Crippen LogP contribution >= 0.6 is 0 Å². The Labute approximate surface area is 213 Å². The first-order chi connectivity index (χ1) is 20.4. The molecule has 5 nitrogen and oxygen atoms in total. The first-order valence-electron chi connectivity index (χ1n) is 15.4. The molecule has 2 heterocycles. The van der Waals surface area contributed by atoms with E-state index >= 15 is 4.39 Å². The summed E-state index contributed by atoms with van der Waals surface area (Å²) in [7, 11) is -1.11. The smallest absolute Gasteiger partial charge is 0.399 e. The molecule has 1 aliphatic rings. The maximum absolute atomic E-state index is 15.2. The fourth-order valence-electron chi connectivity index (χ4n) is 3.29. The maximum atomic E-state index is 15.2. The minimum Gasteiger partial charge on any atom is -0.399 e. The van der Waals surface area contributed by atoms with Crippen LogP contribution in [0.3, 0.4) is 0 Å². The third-order valence-corrected chi connectivity index (χ3v) is 5.84. The molecule has 0 spiro atoms. The monoisotopic (exact) mass is 463 g/mol. The molecule has 170 valence electrons. The van der Waals surface area contributed by atoms with Gasteiger partial charge in [0.25, 0.3) is 0 Å². The van der Waals surface area contributed by atoms with Crippen LogP contribution in [0.2, 0.25) is 0 Å². The summed E-state index contributed by atoms with van der Waals surface area (Å²) >= 11 is 0. The number of halogens is 1. The molecule has 34 heavy (non-hydrogen) atoms. The fourth-order valence-corrected chi connectivity index (χ4v) is 3.29. The molecule has 5 rings (SSSR count). The van der Waals surface area contributed by atoms with Crippen molar-refractivity contribution in [3.05, 3.63) is 84.4 Å². The molecule has 0 atom stereocenters. The van der Waals surface area contributed by atoms with Crippen molar-refractivity contribution in [1.29, 1.82) is 0 Å². The molecule has 0 amide bonds. The van der Waals surface area contributed by atoms with Crippen LogP contribution in [0, 0.1) is 5.82 Å². The molecule has 0 N–H and O–H groups in total. The first kappa shape index (κ1) is 13.5. The molecule has 7 heteroatoms. The van der Waals surface area contributed by atoms with Gasteiger partial charge < -0.3 is 9.31 Å². The number of hydrogen-bond acceptors (Lipinski definition) is 5. The zero-order valence-electron chi connectivity index (χ0n) is 28.8. The van der Waals surface area contributed by atoms with E-state index in [1.165, 1.54) is 12.1 Å². The van der Waals surface area contributed by atoms with Gasteiger partial charge in [-0.15, -0.1) is 0 Å². The molecule has 1 aromatic heterocycles. The number of rotatable bonds is 4. The van der Waals surface area contributed by atoms with Gasteiger partial charge in [0, 0.05) is 22.2 Å². The van der Waals surface area contributed by atoms with E-state index in [0.29, 0.717) is 0 Å². The molecule has 4 aromatic rings. The Morgan fingerprint density at radius 2 is 1.15 bits per heavy atom. The van der Waals surface area contributed by atoms with Crippen LogP contribution in [0.5, 0.6) is 0 Å². The van der Waals surface area contributed by atoms with Crippen LogP contribution in [0.15, 0.2) is 78.6 Å². The van der Waals surface area contributed by atoms with E-state index in [1.54, 1.807) is 27.7 Å². The van der Waals surface area contributed by atoms with Crippen molar-refractivity contribution < 1.29 is 27.4 Å². The first-order valence-corrected chi connectivity index (χ1v) is 10.4. The predicted octanol–water partition coefficient (Wildman–Crippen LogP) is 5.31. The van der Waals surface area contributed by atoms with Crippen LogP contribution in [0.1, 0.15) is 41.4 Å². The normalized spacial score (nSPS) is 20.7. The predicted molar refractivity (Wildman–Crippen MR) is 132 cm³/mol. The van der Waals surface area contributed by atoms with Crippen LogP contribution in [0.4, 0.5) is 4.39 Å². The molecule has 1 fully saturated rings. The van der Waals surface area contributed by atoms with Gasteiger partial charge in [-0.05, 0) is 45.9 Å². The van der Waals surface area contributed by atoms with Gasteiger partial charge in [-0.25, -0.2) is 19.3 Å². The summed E-state index contributed by atoms with van der Waals surface area (Å²) < 4.78 is 109. The lowest BCUT2D eigenvalue weighted by Crippen LogP contribution is -2.41. The van der Waals surface area contributed by atoms with Crippen molar-refractivity contribution in [2.24, 2.45) is 0 Å². The molecule has 3 aromatic carbocycles. The topological polar surface area (TPSA) is 57.1 Å².